The van der Waals surface area contributed by atoms with Crippen LogP contribution in [0.2, 0.25) is 0 Å². The lowest BCUT2D eigenvalue weighted by Crippen LogP contribution is -2.46. The number of piperidine rings is 1. The predicted molar refractivity (Wildman–Crippen MR) is 67.4 cm³/mol. The number of nitrogens with zero attached hydrogens (tertiary/aromatic N) is 2. The van der Waals surface area contributed by atoms with Crippen molar-refractivity contribution in [3.05, 3.63) is 17.5 Å². The van der Waals surface area contributed by atoms with Crippen molar-refractivity contribution >= 4 is 11.8 Å². The largest absolute Gasteiger partial charge is 0.369 e. The number of hydrogen-bond donors (Lipinski definition) is 2. The topological polar surface area (TPSA) is 101 Å². The van der Waals surface area contributed by atoms with Gasteiger partial charge in [0.15, 0.2) is 0 Å². The number of hydrogen-bond acceptors (Lipinski definition) is 5. The van der Waals surface area contributed by atoms with E-state index >= 15 is 0 Å². The van der Waals surface area contributed by atoms with Gasteiger partial charge in [-0.05, 0) is 19.8 Å². The fourth-order valence-corrected chi connectivity index (χ4v) is 2.18. The Morgan fingerprint density at radius 3 is 2.74 bits per heavy atom. The van der Waals surface area contributed by atoms with Crippen LogP contribution in [0, 0.1) is 6.92 Å². The zero-order valence-corrected chi connectivity index (χ0v) is 10.9. The molecule has 19 heavy (non-hydrogen) atoms. The Hall–Kier alpha value is -1.89. The van der Waals surface area contributed by atoms with Gasteiger partial charge in [0, 0.05) is 25.2 Å². The Balaban J connectivity index is 1.79. The van der Waals surface area contributed by atoms with E-state index < -0.39 is 0 Å². The van der Waals surface area contributed by atoms with Crippen molar-refractivity contribution in [3.63, 3.8) is 0 Å². The van der Waals surface area contributed by atoms with Gasteiger partial charge >= 0.3 is 0 Å². The van der Waals surface area contributed by atoms with Crippen LogP contribution in [-0.2, 0) is 4.79 Å². The maximum absolute atomic E-state index is 11.9. The van der Waals surface area contributed by atoms with Gasteiger partial charge in [-0.25, -0.2) is 0 Å². The molecular weight excluding hydrogens is 248 g/mol. The number of primary amides is 1. The monoisotopic (exact) mass is 266 g/mol. The first kappa shape index (κ1) is 13.5. The van der Waals surface area contributed by atoms with Crippen molar-refractivity contribution in [1.82, 2.24) is 15.4 Å². The van der Waals surface area contributed by atoms with E-state index in [0.717, 1.165) is 25.9 Å². The van der Waals surface area contributed by atoms with Crippen LogP contribution in [0.3, 0.4) is 0 Å². The van der Waals surface area contributed by atoms with Crippen LogP contribution >= 0.6 is 0 Å². The number of likely N-dealkylation sites (tertiary alicyclic amines) is 1. The molecule has 2 heterocycles. The molecule has 1 aliphatic rings. The zero-order valence-electron chi connectivity index (χ0n) is 10.9. The average Bonchev–Trinajstić information content (AvgIpc) is 2.78. The zero-order chi connectivity index (χ0) is 13.8. The maximum atomic E-state index is 11.9. The third-order valence-electron chi connectivity index (χ3n) is 3.15. The summed E-state index contributed by atoms with van der Waals surface area (Å²) >= 11 is 0. The molecule has 3 N–H and O–H groups in total. The van der Waals surface area contributed by atoms with Gasteiger partial charge in [-0.3, -0.25) is 14.5 Å². The van der Waals surface area contributed by atoms with Gasteiger partial charge in [-0.1, -0.05) is 5.16 Å². The second kappa shape index (κ2) is 5.83. The minimum atomic E-state index is -0.320. The van der Waals surface area contributed by atoms with Crippen LogP contribution in [0.4, 0.5) is 0 Å². The van der Waals surface area contributed by atoms with E-state index in [1.807, 2.05) is 4.90 Å². The van der Waals surface area contributed by atoms with E-state index in [0.29, 0.717) is 5.69 Å². The van der Waals surface area contributed by atoms with Crippen molar-refractivity contribution in [2.45, 2.75) is 25.8 Å². The van der Waals surface area contributed by atoms with E-state index in [-0.39, 0.29) is 30.2 Å². The molecule has 1 fully saturated rings. The Kier molecular flexibility index (Phi) is 4.16. The van der Waals surface area contributed by atoms with Gasteiger partial charge in [0.25, 0.3) is 5.91 Å². The third-order valence-corrected chi connectivity index (χ3v) is 3.15. The van der Waals surface area contributed by atoms with E-state index in [1.54, 1.807) is 13.0 Å². The smallest absolute Gasteiger partial charge is 0.290 e. The Bertz CT molecular complexity index is 463. The van der Waals surface area contributed by atoms with Crippen molar-refractivity contribution < 1.29 is 14.1 Å². The third kappa shape index (κ3) is 3.78. The van der Waals surface area contributed by atoms with Gasteiger partial charge in [-0.2, -0.15) is 0 Å². The Morgan fingerprint density at radius 1 is 1.53 bits per heavy atom. The summed E-state index contributed by atoms with van der Waals surface area (Å²) in [4.78, 5) is 24.6. The SMILES string of the molecule is Cc1cc(C(=O)NC2CCN(CC(N)=O)CC2)on1. The number of nitrogens with two attached hydrogens (primary N) is 1. The summed E-state index contributed by atoms with van der Waals surface area (Å²) in [6.45, 7) is 3.55. The maximum Gasteiger partial charge on any atom is 0.290 e. The highest BCUT2D eigenvalue weighted by Crippen LogP contribution is 2.11. The van der Waals surface area contributed by atoms with Crippen LogP contribution in [-0.4, -0.2) is 47.5 Å². The number of rotatable bonds is 4. The quantitative estimate of drug-likeness (QED) is 0.776. The minimum Gasteiger partial charge on any atom is -0.369 e. The summed E-state index contributed by atoms with van der Waals surface area (Å²) in [5.74, 6) is -0.328. The minimum absolute atomic E-state index is 0.0991. The highest BCUT2D eigenvalue weighted by molar-refractivity contribution is 5.91. The molecule has 1 aromatic rings. The van der Waals surface area contributed by atoms with E-state index in [2.05, 4.69) is 10.5 Å². The van der Waals surface area contributed by atoms with E-state index in [9.17, 15) is 9.59 Å². The number of aromatic nitrogens is 1. The van der Waals surface area contributed by atoms with Crippen molar-refractivity contribution in [3.8, 4) is 0 Å². The number of aryl methyl sites for hydroxylation is 1. The number of carbonyl (C=O) groups excluding carboxylic acids is 2. The summed E-state index contributed by atoms with van der Waals surface area (Å²) in [5, 5.41) is 6.59. The van der Waals surface area contributed by atoms with Crippen LogP contribution in [0.1, 0.15) is 29.1 Å². The summed E-state index contributed by atoms with van der Waals surface area (Å²) in [7, 11) is 0. The van der Waals surface area contributed by atoms with Crippen molar-refractivity contribution in [2.75, 3.05) is 19.6 Å². The first-order valence-electron chi connectivity index (χ1n) is 6.29. The highest BCUT2D eigenvalue weighted by Gasteiger charge is 2.23. The summed E-state index contributed by atoms with van der Waals surface area (Å²) < 4.78 is 4.91. The van der Waals surface area contributed by atoms with Crippen LogP contribution in [0.25, 0.3) is 0 Å². The summed E-state index contributed by atoms with van der Waals surface area (Å²) in [6.07, 6.45) is 1.60. The molecule has 104 valence electrons. The molecule has 0 aliphatic carbocycles. The second-order valence-electron chi connectivity index (χ2n) is 4.82. The van der Waals surface area contributed by atoms with E-state index in [1.165, 1.54) is 0 Å². The lowest BCUT2D eigenvalue weighted by atomic mass is 10.0. The van der Waals surface area contributed by atoms with Gasteiger partial charge < -0.3 is 15.6 Å². The lowest BCUT2D eigenvalue weighted by molar-refractivity contribution is -0.119. The molecule has 0 unspecified atom stereocenters. The average molecular weight is 266 g/mol. The van der Waals surface area contributed by atoms with Crippen LogP contribution in [0.15, 0.2) is 10.6 Å². The molecule has 1 aliphatic heterocycles. The molecule has 0 spiro atoms. The van der Waals surface area contributed by atoms with Crippen LogP contribution in [0.5, 0.6) is 0 Å². The molecule has 0 saturated carbocycles. The molecule has 0 aromatic carbocycles. The molecule has 2 amide bonds. The van der Waals surface area contributed by atoms with Gasteiger partial charge in [0.1, 0.15) is 0 Å². The van der Waals surface area contributed by atoms with Crippen LogP contribution < -0.4 is 11.1 Å². The van der Waals surface area contributed by atoms with Gasteiger partial charge in [0.2, 0.25) is 11.7 Å². The number of carbonyl (C=O) groups is 2. The summed E-state index contributed by atoms with van der Waals surface area (Å²) in [6, 6.07) is 1.71. The molecule has 0 atom stereocenters. The van der Waals surface area contributed by atoms with Gasteiger partial charge in [-0.15, -0.1) is 0 Å². The normalized spacial score (nSPS) is 17.3. The predicted octanol–water partition coefficient (Wildman–Crippen LogP) is -0.337. The lowest BCUT2D eigenvalue weighted by Gasteiger charge is -2.31. The molecule has 1 saturated heterocycles. The highest BCUT2D eigenvalue weighted by atomic mass is 16.5. The molecular formula is C12H18N4O3. The molecule has 7 heteroatoms. The fraction of sp³-hybridized carbons (Fsp3) is 0.583. The number of nitrogens with one attached hydrogen (secondary N) is 1. The molecule has 0 bridgehead atoms. The molecule has 7 nitrogen and oxygen atoms in total. The van der Waals surface area contributed by atoms with Crippen molar-refractivity contribution in [2.24, 2.45) is 5.73 Å². The first-order chi connectivity index (χ1) is 9.04. The second-order valence-corrected chi connectivity index (χ2v) is 4.82. The first-order valence-corrected chi connectivity index (χ1v) is 6.29. The standard InChI is InChI=1S/C12H18N4O3/c1-8-6-10(19-15-8)12(18)14-9-2-4-16(5-3-9)7-11(13)17/h6,9H,2-5,7H2,1H3,(H2,13,17)(H,14,18). The number of amides is 2. The van der Waals surface area contributed by atoms with Gasteiger partial charge in [0.05, 0.1) is 12.2 Å². The molecule has 0 radical (unpaired) electrons. The Labute approximate surface area is 111 Å². The molecule has 1 aromatic heterocycles. The van der Waals surface area contributed by atoms with Crippen molar-refractivity contribution in [1.29, 1.82) is 0 Å². The molecule has 2 rings (SSSR count). The fourth-order valence-electron chi connectivity index (χ4n) is 2.18. The summed E-state index contributed by atoms with van der Waals surface area (Å²) in [5.41, 5.74) is 5.83. The Morgan fingerprint density at radius 2 is 2.21 bits per heavy atom. The van der Waals surface area contributed by atoms with E-state index in [4.69, 9.17) is 10.3 Å².